The van der Waals surface area contributed by atoms with Crippen molar-refractivity contribution in [3.05, 3.63) is 30.4 Å². The van der Waals surface area contributed by atoms with Gasteiger partial charge < -0.3 is 5.32 Å². The van der Waals surface area contributed by atoms with Crippen LogP contribution in [0.4, 0.5) is 5.69 Å². The number of halogens is 1. The molecule has 3 rings (SSSR count). The standard InChI is InChI=1S/C15H23N5.ClH/c1-12(2)20-15(7-8-17-20)10-16-13-9-18-19(11-13)14-5-3-4-6-14;/h7-9,11-12,14,16H,3-6,10H2,1-2H3;1H. The number of anilines is 1. The molecule has 0 saturated heterocycles. The van der Waals surface area contributed by atoms with E-state index in [9.17, 15) is 0 Å². The first-order valence-corrected chi connectivity index (χ1v) is 7.54. The van der Waals surface area contributed by atoms with Crippen molar-refractivity contribution < 1.29 is 0 Å². The third-order valence-electron chi connectivity index (χ3n) is 4.02. The highest BCUT2D eigenvalue weighted by Gasteiger charge is 2.17. The van der Waals surface area contributed by atoms with E-state index in [1.54, 1.807) is 0 Å². The average molecular weight is 310 g/mol. The summed E-state index contributed by atoms with van der Waals surface area (Å²) in [5.41, 5.74) is 2.29. The van der Waals surface area contributed by atoms with Crippen molar-refractivity contribution in [3.8, 4) is 0 Å². The minimum absolute atomic E-state index is 0. The summed E-state index contributed by atoms with van der Waals surface area (Å²) in [5.74, 6) is 0. The first kappa shape index (κ1) is 15.9. The zero-order valence-corrected chi connectivity index (χ0v) is 13.5. The van der Waals surface area contributed by atoms with Crippen LogP contribution in [0.5, 0.6) is 0 Å². The molecule has 0 atom stereocenters. The lowest BCUT2D eigenvalue weighted by Crippen LogP contribution is -2.10. The van der Waals surface area contributed by atoms with Crippen molar-refractivity contribution in [3.63, 3.8) is 0 Å². The Balaban J connectivity index is 0.00000161. The molecule has 1 saturated carbocycles. The summed E-state index contributed by atoms with van der Waals surface area (Å²) < 4.78 is 4.17. The minimum Gasteiger partial charge on any atom is -0.377 e. The van der Waals surface area contributed by atoms with Crippen LogP contribution in [0, 0.1) is 0 Å². The SMILES string of the molecule is CC(C)n1nccc1CNc1cnn(C2CCCC2)c1.Cl. The van der Waals surface area contributed by atoms with E-state index in [1.165, 1.54) is 31.4 Å². The molecule has 0 aromatic carbocycles. The lowest BCUT2D eigenvalue weighted by Gasteiger charge is -2.11. The van der Waals surface area contributed by atoms with E-state index in [2.05, 4.69) is 46.3 Å². The molecule has 0 amide bonds. The Morgan fingerprint density at radius 3 is 2.76 bits per heavy atom. The van der Waals surface area contributed by atoms with Gasteiger partial charge in [0.2, 0.25) is 0 Å². The Morgan fingerprint density at radius 1 is 1.29 bits per heavy atom. The number of hydrogen-bond donors (Lipinski definition) is 1. The summed E-state index contributed by atoms with van der Waals surface area (Å²) in [5, 5.41) is 12.3. The van der Waals surface area contributed by atoms with Gasteiger partial charge in [-0.25, -0.2) is 0 Å². The highest BCUT2D eigenvalue weighted by Crippen LogP contribution is 2.29. The molecule has 2 aromatic rings. The van der Waals surface area contributed by atoms with Gasteiger partial charge in [0.15, 0.2) is 0 Å². The molecule has 2 aromatic heterocycles. The molecule has 116 valence electrons. The first-order valence-electron chi connectivity index (χ1n) is 7.54. The maximum Gasteiger partial charge on any atom is 0.0729 e. The molecule has 21 heavy (non-hydrogen) atoms. The van der Waals surface area contributed by atoms with Crippen LogP contribution in [0.3, 0.4) is 0 Å². The summed E-state index contributed by atoms with van der Waals surface area (Å²) in [6.07, 6.45) is 11.1. The molecular formula is C15H24ClN5. The van der Waals surface area contributed by atoms with E-state index in [4.69, 9.17) is 0 Å². The second-order valence-corrected chi connectivity index (χ2v) is 5.86. The molecule has 1 aliphatic carbocycles. The van der Waals surface area contributed by atoms with Gasteiger partial charge in [-0.3, -0.25) is 9.36 Å². The predicted octanol–water partition coefficient (Wildman–Crippen LogP) is 3.81. The molecule has 0 aliphatic heterocycles. The lowest BCUT2D eigenvalue weighted by molar-refractivity contribution is 0.467. The van der Waals surface area contributed by atoms with E-state index < -0.39 is 0 Å². The average Bonchev–Trinajstić information content (AvgIpc) is 3.16. The maximum atomic E-state index is 4.49. The Bertz CT molecular complexity index is 554. The summed E-state index contributed by atoms with van der Waals surface area (Å²) in [4.78, 5) is 0. The third-order valence-corrected chi connectivity index (χ3v) is 4.02. The van der Waals surface area contributed by atoms with Crippen molar-refractivity contribution in [2.75, 3.05) is 5.32 Å². The van der Waals surface area contributed by atoms with Crippen molar-refractivity contribution in [1.29, 1.82) is 0 Å². The number of hydrogen-bond acceptors (Lipinski definition) is 3. The van der Waals surface area contributed by atoms with Crippen molar-refractivity contribution in [2.24, 2.45) is 0 Å². The monoisotopic (exact) mass is 309 g/mol. The fourth-order valence-electron chi connectivity index (χ4n) is 2.94. The molecule has 1 aliphatic rings. The zero-order valence-electron chi connectivity index (χ0n) is 12.7. The molecular weight excluding hydrogens is 286 g/mol. The molecule has 2 heterocycles. The summed E-state index contributed by atoms with van der Waals surface area (Å²) in [7, 11) is 0. The molecule has 5 nitrogen and oxygen atoms in total. The number of nitrogens with zero attached hydrogens (tertiary/aromatic N) is 4. The molecule has 0 bridgehead atoms. The van der Waals surface area contributed by atoms with Crippen LogP contribution >= 0.6 is 12.4 Å². The minimum atomic E-state index is 0. The fourth-order valence-corrected chi connectivity index (χ4v) is 2.94. The Morgan fingerprint density at radius 2 is 2.05 bits per heavy atom. The first-order chi connectivity index (χ1) is 9.74. The quantitative estimate of drug-likeness (QED) is 0.913. The van der Waals surface area contributed by atoms with Crippen molar-refractivity contribution >= 4 is 18.1 Å². The summed E-state index contributed by atoms with van der Waals surface area (Å²) in [6, 6.07) is 3.06. The van der Waals surface area contributed by atoms with Crippen LogP contribution in [0.15, 0.2) is 24.7 Å². The number of nitrogens with one attached hydrogen (secondary N) is 1. The van der Waals surface area contributed by atoms with Crippen LogP contribution in [0.2, 0.25) is 0 Å². The topological polar surface area (TPSA) is 47.7 Å². The summed E-state index contributed by atoms with van der Waals surface area (Å²) in [6.45, 7) is 5.08. The lowest BCUT2D eigenvalue weighted by atomic mass is 10.3. The number of aromatic nitrogens is 4. The van der Waals surface area contributed by atoms with Crippen LogP contribution in [-0.2, 0) is 6.54 Å². The van der Waals surface area contributed by atoms with Gasteiger partial charge in [-0.2, -0.15) is 10.2 Å². The third kappa shape index (κ3) is 3.59. The molecule has 1 fully saturated rings. The maximum absolute atomic E-state index is 4.49. The second kappa shape index (κ2) is 6.98. The molecule has 0 radical (unpaired) electrons. The van der Waals surface area contributed by atoms with Crippen molar-refractivity contribution in [2.45, 2.75) is 58.2 Å². The Labute approximate surface area is 132 Å². The van der Waals surface area contributed by atoms with E-state index in [0.717, 1.165) is 12.2 Å². The van der Waals surface area contributed by atoms with Gasteiger partial charge in [0.1, 0.15) is 0 Å². The van der Waals surface area contributed by atoms with Gasteiger partial charge >= 0.3 is 0 Å². The Hall–Kier alpha value is -1.49. The Kier molecular flexibility index (Phi) is 5.28. The largest absolute Gasteiger partial charge is 0.377 e. The molecule has 6 heteroatoms. The van der Waals surface area contributed by atoms with Gasteiger partial charge in [0.25, 0.3) is 0 Å². The van der Waals surface area contributed by atoms with Gasteiger partial charge in [0.05, 0.1) is 30.2 Å². The molecule has 0 unspecified atom stereocenters. The molecule has 0 spiro atoms. The van der Waals surface area contributed by atoms with Gasteiger partial charge in [-0.1, -0.05) is 12.8 Å². The highest BCUT2D eigenvalue weighted by atomic mass is 35.5. The smallest absolute Gasteiger partial charge is 0.0729 e. The van der Waals surface area contributed by atoms with Crippen LogP contribution < -0.4 is 5.32 Å². The second-order valence-electron chi connectivity index (χ2n) is 5.86. The van der Waals surface area contributed by atoms with Gasteiger partial charge in [-0.15, -0.1) is 12.4 Å². The van der Waals surface area contributed by atoms with Gasteiger partial charge in [0, 0.05) is 18.4 Å². The van der Waals surface area contributed by atoms with Crippen molar-refractivity contribution in [1.82, 2.24) is 19.6 Å². The van der Waals surface area contributed by atoms with E-state index in [0.29, 0.717) is 12.1 Å². The number of rotatable bonds is 5. The van der Waals surface area contributed by atoms with Gasteiger partial charge in [-0.05, 0) is 32.8 Å². The van der Waals surface area contributed by atoms with E-state index >= 15 is 0 Å². The normalized spacial score (nSPS) is 15.4. The fraction of sp³-hybridized carbons (Fsp3) is 0.600. The highest BCUT2D eigenvalue weighted by molar-refractivity contribution is 5.85. The molecule has 1 N–H and O–H groups in total. The van der Waals surface area contributed by atoms with Crippen LogP contribution in [0.25, 0.3) is 0 Å². The van der Waals surface area contributed by atoms with E-state index in [-0.39, 0.29) is 12.4 Å². The van der Waals surface area contributed by atoms with E-state index in [1.807, 2.05) is 17.1 Å². The zero-order chi connectivity index (χ0) is 13.9. The van der Waals surface area contributed by atoms with Crippen LogP contribution in [-0.4, -0.2) is 19.6 Å². The predicted molar refractivity (Wildman–Crippen MR) is 86.9 cm³/mol. The van der Waals surface area contributed by atoms with Crippen LogP contribution in [0.1, 0.15) is 57.3 Å². The summed E-state index contributed by atoms with van der Waals surface area (Å²) >= 11 is 0.